The maximum atomic E-state index is 8.78. The largest absolute Gasteiger partial charge is 0.394 e. The standard InChI is InChI=1S/C21H21NO2/c23-15-16-24-17-18-11-13-21(14-12-18)22(19-7-3-1-4-8-19)20-9-5-2-6-10-20/h1-14,23H,15-17H2. The number of nitrogens with zero attached hydrogens (tertiary/aromatic N) is 1. The van der Waals surface area contributed by atoms with E-state index in [9.17, 15) is 0 Å². The number of rotatable bonds is 7. The molecule has 3 nitrogen and oxygen atoms in total. The zero-order valence-electron chi connectivity index (χ0n) is 13.5. The summed E-state index contributed by atoms with van der Waals surface area (Å²) in [5.41, 5.74) is 4.42. The lowest BCUT2D eigenvalue weighted by Gasteiger charge is -2.25. The van der Waals surface area contributed by atoms with Crippen molar-refractivity contribution < 1.29 is 9.84 Å². The van der Waals surface area contributed by atoms with Gasteiger partial charge in [-0.3, -0.25) is 0 Å². The van der Waals surface area contributed by atoms with Gasteiger partial charge in [-0.2, -0.15) is 0 Å². The van der Waals surface area contributed by atoms with E-state index in [0.717, 1.165) is 22.6 Å². The molecular formula is C21H21NO2. The van der Waals surface area contributed by atoms with Crippen LogP contribution in [0.25, 0.3) is 0 Å². The monoisotopic (exact) mass is 319 g/mol. The lowest BCUT2D eigenvalue weighted by Crippen LogP contribution is -2.09. The average Bonchev–Trinajstić information content (AvgIpc) is 2.65. The summed E-state index contributed by atoms with van der Waals surface area (Å²) >= 11 is 0. The van der Waals surface area contributed by atoms with Crippen LogP contribution >= 0.6 is 0 Å². The Labute approximate surface area is 142 Å². The highest BCUT2D eigenvalue weighted by Crippen LogP contribution is 2.33. The summed E-state index contributed by atoms with van der Waals surface area (Å²) in [5, 5.41) is 8.78. The maximum Gasteiger partial charge on any atom is 0.0718 e. The van der Waals surface area contributed by atoms with Crippen LogP contribution in [0.3, 0.4) is 0 Å². The molecule has 3 aromatic rings. The van der Waals surface area contributed by atoms with Crippen LogP contribution in [0.5, 0.6) is 0 Å². The second-order valence-electron chi connectivity index (χ2n) is 5.45. The van der Waals surface area contributed by atoms with Crippen LogP contribution in [-0.2, 0) is 11.3 Å². The molecule has 0 atom stereocenters. The molecule has 0 amide bonds. The van der Waals surface area contributed by atoms with Crippen molar-refractivity contribution in [3.8, 4) is 0 Å². The van der Waals surface area contributed by atoms with Crippen molar-refractivity contribution in [2.45, 2.75) is 6.61 Å². The van der Waals surface area contributed by atoms with Gasteiger partial charge in [0.1, 0.15) is 0 Å². The molecule has 0 saturated carbocycles. The molecule has 0 aliphatic carbocycles. The first kappa shape index (κ1) is 16.2. The summed E-state index contributed by atoms with van der Waals surface area (Å²) < 4.78 is 5.37. The van der Waals surface area contributed by atoms with Gasteiger partial charge in [-0.25, -0.2) is 0 Å². The molecule has 122 valence electrons. The number of anilines is 3. The second-order valence-corrected chi connectivity index (χ2v) is 5.45. The van der Waals surface area contributed by atoms with Gasteiger partial charge in [0.05, 0.1) is 19.8 Å². The second kappa shape index (κ2) is 8.29. The fraction of sp³-hybridized carbons (Fsp3) is 0.143. The van der Waals surface area contributed by atoms with Crippen LogP contribution in [0.1, 0.15) is 5.56 Å². The molecule has 3 heteroatoms. The number of hydrogen-bond acceptors (Lipinski definition) is 3. The van der Waals surface area contributed by atoms with E-state index >= 15 is 0 Å². The minimum atomic E-state index is 0.0495. The molecule has 0 aromatic heterocycles. The lowest BCUT2D eigenvalue weighted by molar-refractivity contribution is 0.0815. The topological polar surface area (TPSA) is 32.7 Å². The number of ether oxygens (including phenoxy) is 1. The Morgan fingerprint density at radius 2 is 1.17 bits per heavy atom. The first-order valence-electron chi connectivity index (χ1n) is 8.06. The minimum Gasteiger partial charge on any atom is -0.394 e. The summed E-state index contributed by atoms with van der Waals surface area (Å²) in [5.74, 6) is 0. The van der Waals surface area contributed by atoms with Gasteiger partial charge >= 0.3 is 0 Å². The Hall–Kier alpha value is -2.62. The molecule has 0 bridgehead atoms. The van der Waals surface area contributed by atoms with Crippen LogP contribution in [0.4, 0.5) is 17.1 Å². The molecule has 1 N–H and O–H groups in total. The molecule has 0 unspecified atom stereocenters. The van der Waals surface area contributed by atoms with Crippen LogP contribution in [-0.4, -0.2) is 18.3 Å². The number of benzene rings is 3. The summed E-state index contributed by atoms with van der Waals surface area (Å²) in [6.07, 6.45) is 0. The average molecular weight is 319 g/mol. The minimum absolute atomic E-state index is 0.0495. The van der Waals surface area contributed by atoms with E-state index in [1.165, 1.54) is 0 Å². The quantitative estimate of drug-likeness (QED) is 0.643. The van der Waals surface area contributed by atoms with Crippen LogP contribution in [0.15, 0.2) is 84.9 Å². The number of aliphatic hydroxyl groups is 1. The summed E-state index contributed by atoms with van der Waals surface area (Å²) in [6, 6.07) is 28.9. The maximum absolute atomic E-state index is 8.78. The van der Waals surface area contributed by atoms with E-state index in [0.29, 0.717) is 13.2 Å². The van der Waals surface area contributed by atoms with Crippen LogP contribution in [0.2, 0.25) is 0 Å². The Bertz CT molecular complexity index is 687. The molecule has 3 rings (SSSR count). The lowest BCUT2D eigenvalue weighted by atomic mass is 10.1. The van der Waals surface area contributed by atoms with Crippen LogP contribution in [0, 0.1) is 0 Å². The van der Waals surface area contributed by atoms with Gasteiger partial charge < -0.3 is 14.7 Å². The van der Waals surface area contributed by atoms with Gasteiger partial charge in [-0.1, -0.05) is 48.5 Å². The summed E-state index contributed by atoms with van der Waals surface area (Å²) in [7, 11) is 0. The smallest absolute Gasteiger partial charge is 0.0718 e. The van der Waals surface area contributed by atoms with Gasteiger partial charge in [-0.15, -0.1) is 0 Å². The van der Waals surface area contributed by atoms with Gasteiger partial charge in [0.15, 0.2) is 0 Å². The Kier molecular flexibility index (Phi) is 5.61. The van der Waals surface area contributed by atoms with Gasteiger partial charge in [0, 0.05) is 17.1 Å². The number of para-hydroxylation sites is 2. The van der Waals surface area contributed by atoms with E-state index in [1.807, 2.05) is 36.4 Å². The van der Waals surface area contributed by atoms with E-state index in [1.54, 1.807) is 0 Å². The first-order valence-corrected chi connectivity index (χ1v) is 8.06. The fourth-order valence-corrected chi connectivity index (χ4v) is 2.60. The molecule has 0 saturated heterocycles. The molecule has 0 heterocycles. The van der Waals surface area contributed by atoms with Gasteiger partial charge in [-0.05, 0) is 42.0 Å². The van der Waals surface area contributed by atoms with Crippen molar-refractivity contribution in [2.75, 3.05) is 18.1 Å². The third-order valence-electron chi connectivity index (χ3n) is 3.73. The number of hydrogen-bond donors (Lipinski definition) is 1. The highest BCUT2D eigenvalue weighted by Gasteiger charge is 2.11. The Morgan fingerprint density at radius 3 is 1.67 bits per heavy atom. The molecule has 24 heavy (non-hydrogen) atoms. The van der Waals surface area contributed by atoms with Crippen LogP contribution < -0.4 is 4.90 Å². The summed E-state index contributed by atoms with van der Waals surface area (Å²) in [4.78, 5) is 2.22. The molecule has 0 aliphatic heterocycles. The SMILES string of the molecule is OCCOCc1ccc(N(c2ccccc2)c2ccccc2)cc1. The Balaban J connectivity index is 1.89. The van der Waals surface area contributed by atoms with Crippen molar-refractivity contribution in [1.82, 2.24) is 0 Å². The molecule has 0 aliphatic rings. The van der Waals surface area contributed by atoms with Crippen molar-refractivity contribution >= 4 is 17.1 Å². The number of aliphatic hydroxyl groups excluding tert-OH is 1. The van der Waals surface area contributed by atoms with Crippen molar-refractivity contribution in [3.05, 3.63) is 90.5 Å². The molecule has 3 aromatic carbocycles. The molecule has 0 fully saturated rings. The zero-order chi connectivity index (χ0) is 16.6. The molecule has 0 spiro atoms. The highest BCUT2D eigenvalue weighted by molar-refractivity contribution is 5.76. The predicted octanol–water partition coefficient (Wildman–Crippen LogP) is 4.67. The van der Waals surface area contributed by atoms with Crippen molar-refractivity contribution in [2.24, 2.45) is 0 Å². The molecular weight excluding hydrogens is 298 g/mol. The third kappa shape index (κ3) is 4.02. The van der Waals surface area contributed by atoms with Crippen molar-refractivity contribution in [3.63, 3.8) is 0 Å². The summed E-state index contributed by atoms with van der Waals surface area (Å²) in [6.45, 7) is 0.924. The van der Waals surface area contributed by atoms with Gasteiger partial charge in [0.2, 0.25) is 0 Å². The molecule has 0 radical (unpaired) electrons. The van der Waals surface area contributed by atoms with Gasteiger partial charge in [0.25, 0.3) is 0 Å². The van der Waals surface area contributed by atoms with E-state index in [-0.39, 0.29) is 6.61 Å². The Morgan fingerprint density at radius 1 is 0.667 bits per heavy atom. The highest BCUT2D eigenvalue weighted by atomic mass is 16.5. The zero-order valence-corrected chi connectivity index (χ0v) is 13.5. The third-order valence-corrected chi connectivity index (χ3v) is 3.73. The van der Waals surface area contributed by atoms with E-state index in [4.69, 9.17) is 9.84 Å². The van der Waals surface area contributed by atoms with E-state index < -0.39 is 0 Å². The normalized spacial score (nSPS) is 10.5. The predicted molar refractivity (Wildman–Crippen MR) is 97.9 cm³/mol. The van der Waals surface area contributed by atoms with Crippen molar-refractivity contribution in [1.29, 1.82) is 0 Å². The first-order chi connectivity index (χ1) is 11.9. The van der Waals surface area contributed by atoms with E-state index in [2.05, 4.69) is 53.4 Å². The fourth-order valence-electron chi connectivity index (χ4n) is 2.60.